The zero-order chi connectivity index (χ0) is 19.7. The SMILES string of the molecule is CC(=O)NCCCCCNC(=O)[C@H](CC(C)C)NC(=O)[C@H]1O[C@@H]1C(=O)O. The number of carbonyl (C=O) groups excluding carboxylic acids is 3. The summed E-state index contributed by atoms with van der Waals surface area (Å²) in [4.78, 5) is 45.8. The standard InChI is InChI=1S/C17H29N3O6/c1-10(2)9-12(20-16(23)13-14(26-13)17(24)25)15(22)19-8-6-4-5-7-18-11(3)21/h10,12-14H,4-9H2,1-3H3,(H,18,21)(H,19,22)(H,20,23)(H,24,25)/t12-,13-,14-/m0/s1. The highest BCUT2D eigenvalue weighted by Gasteiger charge is 2.51. The molecule has 1 heterocycles. The van der Waals surface area contributed by atoms with Crippen LogP contribution in [0.5, 0.6) is 0 Å². The summed E-state index contributed by atoms with van der Waals surface area (Å²) in [6.07, 6.45) is 0.755. The Hall–Kier alpha value is -2.16. The van der Waals surface area contributed by atoms with Gasteiger partial charge in [0.15, 0.2) is 12.2 Å². The Morgan fingerprint density at radius 2 is 1.62 bits per heavy atom. The molecule has 1 aliphatic rings. The first kappa shape index (κ1) is 21.9. The van der Waals surface area contributed by atoms with Gasteiger partial charge in [0.05, 0.1) is 0 Å². The van der Waals surface area contributed by atoms with E-state index in [1.54, 1.807) is 0 Å². The summed E-state index contributed by atoms with van der Waals surface area (Å²) in [6, 6.07) is -0.722. The van der Waals surface area contributed by atoms with Gasteiger partial charge in [-0.05, 0) is 31.6 Å². The number of nitrogens with one attached hydrogen (secondary N) is 3. The molecule has 1 aliphatic heterocycles. The lowest BCUT2D eigenvalue weighted by atomic mass is 10.0. The molecule has 0 aromatic carbocycles. The predicted octanol–water partition coefficient (Wildman–Crippen LogP) is -0.208. The molecule has 1 fully saturated rings. The molecule has 1 rings (SSSR count). The fraction of sp³-hybridized carbons (Fsp3) is 0.765. The maximum atomic E-state index is 12.3. The Bertz CT molecular complexity index is 523. The number of hydrogen-bond donors (Lipinski definition) is 4. The number of epoxide rings is 1. The first-order valence-electron chi connectivity index (χ1n) is 8.93. The summed E-state index contributed by atoms with van der Waals surface area (Å²) in [5.74, 6) is -1.93. The Labute approximate surface area is 153 Å². The van der Waals surface area contributed by atoms with E-state index in [2.05, 4.69) is 16.0 Å². The molecule has 0 saturated carbocycles. The van der Waals surface area contributed by atoms with Gasteiger partial charge >= 0.3 is 5.97 Å². The molecule has 148 valence electrons. The molecule has 4 N–H and O–H groups in total. The van der Waals surface area contributed by atoms with Crippen molar-refractivity contribution in [1.82, 2.24) is 16.0 Å². The smallest absolute Gasteiger partial charge is 0.336 e. The van der Waals surface area contributed by atoms with Crippen molar-refractivity contribution in [3.63, 3.8) is 0 Å². The Balaban J connectivity index is 2.33. The van der Waals surface area contributed by atoms with Crippen molar-refractivity contribution in [2.45, 2.75) is 64.7 Å². The van der Waals surface area contributed by atoms with Gasteiger partial charge in [-0.1, -0.05) is 13.8 Å². The average molecular weight is 371 g/mol. The molecule has 3 atom stereocenters. The zero-order valence-corrected chi connectivity index (χ0v) is 15.5. The fourth-order valence-corrected chi connectivity index (χ4v) is 2.48. The molecule has 0 spiro atoms. The number of hydrogen-bond acceptors (Lipinski definition) is 5. The van der Waals surface area contributed by atoms with Gasteiger partial charge in [-0.2, -0.15) is 0 Å². The number of ether oxygens (including phenoxy) is 1. The van der Waals surface area contributed by atoms with Crippen molar-refractivity contribution in [1.29, 1.82) is 0 Å². The Morgan fingerprint density at radius 1 is 1.00 bits per heavy atom. The van der Waals surface area contributed by atoms with E-state index in [9.17, 15) is 19.2 Å². The minimum absolute atomic E-state index is 0.0599. The van der Waals surface area contributed by atoms with Crippen LogP contribution in [0.25, 0.3) is 0 Å². The number of amides is 3. The van der Waals surface area contributed by atoms with Crippen LogP contribution in [0.15, 0.2) is 0 Å². The summed E-state index contributed by atoms with van der Waals surface area (Å²) in [6.45, 7) is 6.42. The predicted molar refractivity (Wildman–Crippen MR) is 93.2 cm³/mol. The highest BCUT2D eigenvalue weighted by atomic mass is 16.6. The largest absolute Gasteiger partial charge is 0.479 e. The molecule has 9 heteroatoms. The summed E-state index contributed by atoms with van der Waals surface area (Å²) in [5.41, 5.74) is 0. The van der Waals surface area contributed by atoms with Crippen LogP contribution in [0.2, 0.25) is 0 Å². The highest BCUT2D eigenvalue weighted by molar-refractivity contribution is 5.95. The van der Waals surface area contributed by atoms with Crippen molar-refractivity contribution < 1.29 is 29.0 Å². The maximum absolute atomic E-state index is 12.3. The normalized spacial score (nSPS) is 19.5. The topological polar surface area (TPSA) is 137 Å². The maximum Gasteiger partial charge on any atom is 0.336 e. The Morgan fingerprint density at radius 3 is 2.12 bits per heavy atom. The van der Waals surface area contributed by atoms with Gasteiger partial charge in [-0.3, -0.25) is 14.4 Å². The van der Waals surface area contributed by atoms with Crippen LogP contribution in [0.4, 0.5) is 0 Å². The second kappa shape index (κ2) is 10.7. The summed E-state index contributed by atoms with van der Waals surface area (Å²) < 4.78 is 4.81. The van der Waals surface area contributed by atoms with E-state index in [1.165, 1.54) is 6.92 Å². The van der Waals surface area contributed by atoms with Crippen LogP contribution < -0.4 is 16.0 Å². The van der Waals surface area contributed by atoms with E-state index in [1.807, 2.05) is 13.8 Å². The molecule has 1 saturated heterocycles. The van der Waals surface area contributed by atoms with Crippen LogP contribution in [0.3, 0.4) is 0 Å². The third-order valence-electron chi connectivity index (χ3n) is 3.86. The van der Waals surface area contributed by atoms with E-state index in [0.29, 0.717) is 19.5 Å². The van der Waals surface area contributed by atoms with Crippen molar-refractivity contribution in [3.05, 3.63) is 0 Å². The van der Waals surface area contributed by atoms with Crippen molar-refractivity contribution >= 4 is 23.7 Å². The van der Waals surface area contributed by atoms with Crippen LogP contribution >= 0.6 is 0 Å². The lowest BCUT2D eigenvalue weighted by Crippen LogP contribution is -2.49. The van der Waals surface area contributed by atoms with Crippen LogP contribution in [0, 0.1) is 5.92 Å². The third kappa shape index (κ3) is 8.28. The summed E-state index contributed by atoms with van der Waals surface area (Å²) >= 11 is 0. The summed E-state index contributed by atoms with van der Waals surface area (Å²) in [5, 5.41) is 16.9. The monoisotopic (exact) mass is 371 g/mol. The minimum Gasteiger partial charge on any atom is -0.479 e. The highest BCUT2D eigenvalue weighted by Crippen LogP contribution is 2.22. The number of carboxylic acids is 1. The van der Waals surface area contributed by atoms with Gasteiger partial charge in [0, 0.05) is 20.0 Å². The zero-order valence-electron chi connectivity index (χ0n) is 15.5. The first-order valence-corrected chi connectivity index (χ1v) is 8.93. The Kier molecular flexibility index (Phi) is 9.04. The van der Waals surface area contributed by atoms with Gasteiger partial charge in [0.2, 0.25) is 11.8 Å². The first-order chi connectivity index (χ1) is 12.2. The van der Waals surface area contributed by atoms with Gasteiger partial charge in [-0.25, -0.2) is 4.79 Å². The molecular weight excluding hydrogens is 342 g/mol. The minimum atomic E-state index is -1.19. The molecule has 0 aliphatic carbocycles. The molecule has 0 unspecified atom stereocenters. The number of unbranched alkanes of at least 4 members (excludes halogenated alkanes) is 2. The van der Waals surface area contributed by atoms with Crippen LogP contribution in [-0.2, 0) is 23.9 Å². The lowest BCUT2D eigenvalue weighted by Gasteiger charge is -2.19. The van der Waals surface area contributed by atoms with E-state index < -0.39 is 30.1 Å². The van der Waals surface area contributed by atoms with Crippen molar-refractivity contribution in [2.75, 3.05) is 13.1 Å². The second-order valence-electron chi connectivity index (χ2n) is 6.84. The van der Waals surface area contributed by atoms with Crippen molar-refractivity contribution in [2.24, 2.45) is 5.92 Å². The molecule has 0 bridgehead atoms. The second-order valence-corrected chi connectivity index (χ2v) is 6.84. The third-order valence-corrected chi connectivity index (χ3v) is 3.86. The molecule has 0 aromatic rings. The van der Waals surface area contributed by atoms with Gasteiger partial charge in [-0.15, -0.1) is 0 Å². The van der Waals surface area contributed by atoms with Gasteiger partial charge in [0.25, 0.3) is 5.91 Å². The molecule has 0 radical (unpaired) electrons. The molecule has 9 nitrogen and oxygen atoms in total. The lowest BCUT2D eigenvalue weighted by molar-refractivity contribution is -0.138. The molecule has 0 aromatic heterocycles. The van der Waals surface area contributed by atoms with Crippen LogP contribution in [0.1, 0.15) is 46.5 Å². The number of aliphatic carboxylic acids is 1. The molecule has 26 heavy (non-hydrogen) atoms. The molecule has 3 amide bonds. The molecular formula is C17H29N3O6. The van der Waals surface area contributed by atoms with E-state index in [0.717, 1.165) is 19.3 Å². The average Bonchev–Trinajstić information content (AvgIpc) is 3.33. The number of carboxylic acid groups (broad SMARTS) is 1. The van der Waals surface area contributed by atoms with Crippen LogP contribution in [-0.4, -0.2) is 60.1 Å². The van der Waals surface area contributed by atoms with Gasteiger partial charge < -0.3 is 25.8 Å². The quantitative estimate of drug-likeness (QED) is 0.277. The van der Waals surface area contributed by atoms with Crippen molar-refractivity contribution in [3.8, 4) is 0 Å². The number of rotatable bonds is 12. The number of carbonyl (C=O) groups is 4. The van der Waals surface area contributed by atoms with E-state index in [4.69, 9.17) is 9.84 Å². The summed E-state index contributed by atoms with van der Waals surface area (Å²) in [7, 11) is 0. The van der Waals surface area contributed by atoms with Gasteiger partial charge in [0.1, 0.15) is 6.04 Å². The van der Waals surface area contributed by atoms with E-state index >= 15 is 0 Å². The fourth-order valence-electron chi connectivity index (χ4n) is 2.48. The van der Waals surface area contributed by atoms with E-state index in [-0.39, 0.29) is 17.7 Å².